The Balaban J connectivity index is 1.07. The summed E-state index contributed by atoms with van der Waals surface area (Å²) in [5.41, 5.74) is 23.6. The van der Waals surface area contributed by atoms with Crippen molar-refractivity contribution in [3.8, 4) is 33.4 Å². The second-order valence-electron chi connectivity index (χ2n) is 20.7. The molecule has 0 amide bonds. The molecule has 0 unspecified atom stereocenters. The van der Waals surface area contributed by atoms with Crippen molar-refractivity contribution in [1.29, 1.82) is 0 Å². The fraction of sp³-hybridized carbons (Fsp3) is 0.0704. The van der Waals surface area contributed by atoms with E-state index in [1.165, 1.54) is 83.5 Å². The average Bonchev–Trinajstić information content (AvgIpc) is 4.14. The molecule has 15 rings (SSSR count). The molecule has 11 aromatic carbocycles. The molecule has 0 atom stereocenters. The van der Waals surface area contributed by atoms with Crippen LogP contribution in [-0.4, -0.2) is 0 Å². The van der Waals surface area contributed by atoms with Crippen LogP contribution in [-0.2, 0) is 16.2 Å². The Morgan fingerprint density at radius 1 is 0.288 bits per heavy atom. The van der Waals surface area contributed by atoms with Crippen molar-refractivity contribution < 1.29 is 4.42 Å². The van der Waals surface area contributed by atoms with E-state index >= 15 is 0 Å². The van der Waals surface area contributed by atoms with E-state index in [-0.39, 0.29) is 5.41 Å². The van der Waals surface area contributed by atoms with Crippen molar-refractivity contribution >= 4 is 39.0 Å². The lowest BCUT2D eigenvalue weighted by Gasteiger charge is -2.36. The van der Waals surface area contributed by atoms with Crippen molar-refractivity contribution in [2.24, 2.45) is 0 Å². The van der Waals surface area contributed by atoms with Crippen LogP contribution in [0, 0.1) is 0 Å². The summed E-state index contributed by atoms with van der Waals surface area (Å²) < 4.78 is 7.25. The molecule has 1 aromatic heterocycles. The van der Waals surface area contributed by atoms with E-state index in [1.54, 1.807) is 0 Å². The monoisotopic (exact) mass is 931 g/mol. The SMILES string of the molecule is CC1(C)c2ccccc2-c2ccc(N(c3ccc4c(c3)C(c3ccccc3)(c3ccccc3)c3ccccc3-4)c3cc(C4(c5ccccc5)c5ccccc5-c5ccccc54)c4oc5ccccc5c4c3)cc21. The number of anilines is 3. The molecule has 0 saturated carbocycles. The lowest BCUT2D eigenvalue weighted by atomic mass is 9.67. The summed E-state index contributed by atoms with van der Waals surface area (Å²) in [6.07, 6.45) is 0. The lowest BCUT2D eigenvalue weighted by molar-refractivity contribution is 0.648. The highest BCUT2D eigenvalue weighted by Crippen LogP contribution is 2.61. The lowest BCUT2D eigenvalue weighted by Crippen LogP contribution is -2.29. The standard InChI is InChI=1S/C71H49NO/c1-69(2)60-33-17-12-28-52(60)56-40-38-49(43-64(56)69)72(50-39-41-57-55-31-13-18-34-61(55)70(65(57)44-50,46-22-6-3-7-23-46)47-24-8-4-9-25-47)51-42-59-58-32-16-21-37-67(58)73-68(59)66(45-51)71(48-26-10-5-11-27-48)62-35-19-14-29-53(62)54-30-15-20-36-63(54)71/h3-45H,1-2H3. The van der Waals surface area contributed by atoms with Gasteiger partial charge >= 0.3 is 0 Å². The molecule has 1 heterocycles. The predicted octanol–water partition coefficient (Wildman–Crippen LogP) is 18.1. The molecule has 0 saturated heterocycles. The number of benzene rings is 11. The highest BCUT2D eigenvalue weighted by molar-refractivity contribution is 6.09. The van der Waals surface area contributed by atoms with E-state index in [0.29, 0.717) is 0 Å². The highest BCUT2D eigenvalue weighted by atomic mass is 16.3. The van der Waals surface area contributed by atoms with Crippen LogP contribution in [0.3, 0.4) is 0 Å². The van der Waals surface area contributed by atoms with Crippen LogP contribution < -0.4 is 4.90 Å². The van der Waals surface area contributed by atoms with E-state index in [0.717, 1.165) is 44.6 Å². The van der Waals surface area contributed by atoms with Gasteiger partial charge in [-0.05, 0) is 126 Å². The molecule has 2 heteroatoms. The summed E-state index contributed by atoms with van der Waals surface area (Å²) >= 11 is 0. The Morgan fingerprint density at radius 3 is 1.25 bits per heavy atom. The Morgan fingerprint density at radius 2 is 0.685 bits per heavy atom. The van der Waals surface area contributed by atoms with Crippen LogP contribution in [0.5, 0.6) is 0 Å². The van der Waals surface area contributed by atoms with Gasteiger partial charge in [-0.1, -0.05) is 232 Å². The van der Waals surface area contributed by atoms with Crippen LogP contribution in [0.4, 0.5) is 17.1 Å². The molecular weight excluding hydrogens is 883 g/mol. The minimum atomic E-state index is -0.723. The van der Waals surface area contributed by atoms with Gasteiger partial charge in [0.1, 0.15) is 11.2 Å². The third kappa shape index (κ3) is 5.64. The van der Waals surface area contributed by atoms with Gasteiger partial charge in [-0.2, -0.15) is 0 Å². The van der Waals surface area contributed by atoms with Crippen molar-refractivity contribution in [3.05, 3.63) is 316 Å². The summed E-state index contributed by atoms with van der Waals surface area (Å²) in [7, 11) is 0. The molecule has 0 spiro atoms. The minimum Gasteiger partial charge on any atom is -0.456 e. The van der Waals surface area contributed by atoms with Gasteiger partial charge in [0.25, 0.3) is 0 Å². The van der Waals surface area contributed by atoms with Crippen LogP contribution in [0.15, 0.2) is 265 Å². The molecule has 0 fully saturated rings. The van der Waals surface area contributed by atoms with E-state index < -0.39 is 10.8 Å². The topological polar surface area (TPSA) is 16.4 Å². The normalized spacial score (nSPS) is 14.8. The first-order valence-corrected chi connectivity index (χ1v) is 25.6. The van der Waals surface area contributed by atoms with E-state index in [1.807, 2.05) is 0 Å². The number of para-hydroxylation sites is 1. The first kappa shape index (κ1) is 41.8. The van der Waals surface area contributed by atoms with Crippen molar-refractivity contribution in [2.75, 3.05) is 4.90 Å². The Labute approximate surface area is 426 Å². The highest BCUT2D eigenvalue weighted by Gasteiger charge is 2.49. The van der Waals surface area contributed by atoms with Crippen molar-refractivity contribution in [1.82, 2.24) is 0 Å². The summed E-state index contributed by atoms with van der Waals surface area (Å²) in [5.74, 6) is 0. The molecule has 0 aliphatic heterocycles. The molecule has 2 nitrogen and oxygen atoms in total. The van der Waals surface area contributed by atoms with E-state index in [2.05, 4.69) is 280 Å². The van der Waals surface area contributed by atoms with Crippen molar-refractivity contribution in [2.45, 2.75) is 30.1 Å². The van der Waals surface area contributed by atoms with Crippen LogP contribution in [0.1, 0.15) is 69.5 Å². The maximum absolute atomic E-state index is 7.25. The zero-order chi connectivity index (χ0) is 48.5. The molecule has 0 bridgehead atoms. The third-order valence-corrected chi connectivity index (χ3v) is 16.8. The zero-order valence-corrected chi connectivity index (χ0v) is 40.7. The third-order valence-electron chi connectivity index (χ3n) is 16.8. The van der Waals surface area contributed by atoms with Gasteiger partial charge < -0.3 is 9.32 Å². The Hall–Kier alpha value is -8.98. The molecule has 0 radical (unpaired) electrons. The summed E-state index contributed by atoms with van der Waals surface area (Å²) in [4.78, 5) is 2.54. The van der Waals surface area contributed by atoms with Crippen LogP contribution in [0.2, 0.25) is 0 Å². The number of hydrogen-bond acceptors (Lipinski definition) is 2. The van der Waals surface area contributed by atoms with Gasteiger partial charge in [-0.15, -0.1) is 0 Å². The summed E-state index contributed by atoms with van der Waals surface area (Å²) in [5, 5.41) is 2.17. The first-order valence-electron chi connectivity index (χ1n) is 25.6. The number of fused-ring (bicyclic) bond motifs is 12. The van der Waals surface area contributed by atoms with Crippen LogP contribution in [0.25, 0.3) is 55.3 Å². The molecule has 3 aliphatic carbocycles. The number of furan rings is 1. The molecule has 3 aliphatic rings. The quantitative estimate of drug-likeness (QED) is 0.158. The maximum Gasteiger partial charge on any atom is 0.140 e. The minimum absolute atomic E-state index is 0.215. The van der Waals surface area contributed by atoms with Gasteiger partial charge in [0.15, 0.2) is 0 Å². The number of nitrogens with zero attached hydrogens (tertiary/aromatic N) is 1. The maximum atomic E-state index is 7.25. The van der Waals surface area contributed by atoms with Gasteiger partial charge in [0.05, 0.1) is 10.8 Å². The molecule has 12 aromatic rings. The molecular formula is C71H49NO. The molecule has 73 heavy (non-hydrogen) atoms. The fourth-order valence-corrected chi connectivity index (χ4v) is 13.7. The average molecular weight is 932 g/mol. The first-order chi connectivity index (χ1) is 36.0. The summed E-state index contributed by atoms with van der Waals surface area (Å²) in [6, 6.07) is 97.3. The number of hydrogen-bond donors (Lipinski definition) is 0. The smallest absolute Gasteiger partial charge is 0.140 e. The molecule has 0 N–H and O–H groups in total. The van der Waals surface area contributed by atoms with Gasteiger partial charge in [-0.25, -0.2) is 0 Å². The fourth-order valence-electron chi connectivity index (χ4n) is 13.7. The van der Waals surface area contributed by atoms with Gasteiger partial charge in [0, 0.05) is 38.8 Å². The van der Waals surface area contributed by atoms with Gasteiger partial charge in [-0.3, -0.25) is 0 Å². The van der Waals surface area contributed by atoms with E-state index in [4.69, 9.17) is 4.42 Å². The predicted molar refractivity (Wildman–Crippen MR) is 301 cm³/mol. The van der Waals surface area contributed by atoms with E-state index in [9.17, 15) is 0 Å². The Kier molecular flexibility index (Phi) is 8.87. The van der Waals surface area contributed by atoms with Gasteiger partial charge in [0.2, 0.25) is 0 Å². The summed E-state index contributed by atoms with van der Waals surface area (Å²) in [6.45, 7) is 4.76. The Bertz CT molecular complexity index is 4100. The second kappa shape index (κ2) is 15.5. The zero-order valence-electron chi connectivity index (χ0n) is 40.7. The van der Waals surface area contributed by atoms with Crippen molar-refractivity contribution in [3.63, 3.8) is 0 Å². The second-order valence-corrected chi connectivity index (χ2v) is 20.7. The van der Waals surface area contributed by atoms with Crippen LogP contribution >= 0.6 is 0 Å². The largest absolute Gasteiger partial charge is 0.456 e. The number of rotatable bonds is 7. The molecule has 344 valence electrons.